The van der Waals surface area contributed by atoms with E-state index in [1.807, 2.05) is 0 Å². The molecule has 3 saturated heterocycles. The summed E-state index contributed by atoms with van der Waals surface area (Å²) < 4.78 is 10.4. The van der Waals surface area contributed by atoms with Gasteiger partial charge in [-0.05, 0) is 19.3 Å². The van der Waals surface area contributed by atoms with Gasteiger partial charge >= 0.3 is 6.09 Å². The molecule has 0 unspecified atom stereocenters. The second-order valence-corrected chi connectivity index (χ2v) is 4.82. The molecule has 0 aromatic heterocycles. The van der Waals surface area contributed by atoms with E-state index in [1.54, 1.807) is 0 Å². The van der Waals surface area contributed by atoms with Crippen molar-refractivity contribution in [3.8, 4) is 0 Å². The lowest BCUT2D eigenvalue weighted by Crippen LogP contribution is -2.46. The van der Waals surface area contributed by atoms with Crippen LogP contribution >= 0.6 is 0 Å². The predicted molar refractivity (Wildman–Crippen MR) is 57.4 cm³/mol. The van der Waals surface area contributed by atoms with Crippen LogP contribution < -0.4 is 5.32 Å². The molecule has 3 fully saturated rings. The van der Waals surface area contributed by atoms with Gasteiger partial charge in [-0.2, -0.15) is 0 Å². The third-order valence-electron chi connectivity index (χ3n) is 3.63. The molecule has 0 aromatic rings. The van der Waals surface area contributed by atoms with Crippen molar-refractivity contribution in [1.82, 2.24) is 10.2 Å². The number of carbonyl (C=O) groups is 2. The first-order valence-electron chi connectivity index (χ1n) is 6.09. The van der Waals surface area contributed by atoms with Crippen LogP contribution in [0, 0.1) is 0 Å². The Labute approximate surface area is 99.2 Å². The Morgan fingerprint density at radius 3 is 2.94 bits per heavy atom. The van der Waals surface area contributed by atoms with Crippen LogP contribution in [0.5, 0.6) is 0 Å². The first kappa shape index (κ1) is 10.8. The number of carbonyl (C=O) groups excluding carboxylic acids is 2. The van der Waals surface area contributed by atoms with Gasteiger partial charge in [-0.25, -0.2) is 4.79 Å². The summed E-state index contributed by atoms with van der Waals surface area (Å²) >= 11 is 0. The highest BCUT2D eigenvalue weighted by Crippen LogP contribution is 2.34. The fraction of sp³-hybridized carbons (Fsp3) is 0.818. The largest absolute Gasteiger partial charge is 0.448 e. The van der Waals surface area contributed by atoms with Crippen LogP contribution in [0.4, 0.5) is 4.79 Å². The van der Waals surface area contributed by atoms with Crippen molar-refractivity contribution in [2.24, 2.45) is 0 Å². The quantitative estimate of drug-likeness (QED) is 0.746. The van der Waals surface area contributed by atoms with Crippen LogP contribution in [0.1, 0.15) is 19.3 Å². The number of amides is 2. The van der Waals surface area contributed by atoms with Gasteiger partial charge in [0.1, 0.15) is 13.2 Å². The molecule has 3 aliphatic rings. The number of nitrogens with zero attached hydrogens (tertiary/aromatic N) is 1. The molecule has 1 N–H and O–H groups in total. The molecule has 6 nitrogen and oxygen atoms in total. The fourth-order valence-electron chi connectivity index (χ4n) is 2.78. The van der Waals surface area contributed by atoms with E-state index >= 15 is 0 Å². The smallest absolute Gasteiger partial charge is 0.410 e. The molecule has 2 amide bonds. The molecule has 3 heterocycles. The van der Waals surface area contributed by atoms with Crippen molar-refractivity contribution in [3.63, 3.8) is 0 Å². The number of fused-ring (bicyclic) bond motifs is 2. The topological polar surface area (TPSA) is 67.9 Å². The number of rotatable bonds is 3. The SMILES string of the molecule is O=C(CN1CCOC1=O)N[C@@H]1C[C@@H]2CC[C@H]1O2. The van der Waals surface area contributed by atoms with Gasteiger partial charge in [-0.1, -0.05) is 0 Å². The Balaban J connectivity index is 1.49. The molecule has 6 heteroatoms. The van der Waals surface area contributed by atoms with Gasteiger partial charge in [0.15, 0.2) is 0 Å². The number of cyclic esters (lactones) is 1. The minimum Gasteiger partial charge on any atom is -0.448 e. The average Bonchev–Trinajstić information content (AvgIpc) is 2.96. The monoisotopic (exact) mass is 240 g/mol. The van der Waals surface area contributed by atoms with E-state index in [9.17, 15) is 9.59 Å². The Morgan fingerprint density at radius 1 is 1.47 bits per heavy atom. The molecule has 3 atom stereocenters. The van der Waals surface area contributed by atoms with Gasteiger partial charge in [0, 0.05) is 0 Å². The van der Waals surface area contributed by atoms with E-state index < -0.39 is 6.09 Å². The Morgan fingerprint density at radius 2 is 2.35 bits per heavy atom. The van der Waals surface area contributed by atoms with Gasteiger partial charge in [0.25, 0.3) is 0 Å². The van der Waals surface area contributed by atoms with Gasteiger partial charge in [0.05, 0.1) is 24.8 Å². The lowest BCUT2D eigenvalue weighted by Gasteiger charge is -2.21. The highest BCUT2D eigenvalue weighted by Gasteiger charge is 2.41. The number of hydrogen-bond acceptors (Lipinski definition) is 4. The second kappa shape index (κ2) is 4.18. The molecular weight excluding hydrogens is 224 g/mol. The minimum atomic E-state index is -0.399. The molecule has 94 valence electrons. The first-order chi connectivity index (χ1) is 8.22. The van der Waals surface area contributed by atoms with Gasteiger partial charge in [0.2, 0.25) is 5.91 Å². The molecule has 2 bridgehead atoms. The zero-order valence-corrected chi connectivity index (χ0v) is 9.55. The zero-order chi connectivity index (χ0) is 11.8. The van der Waals surface area contributed by atoms with Crippen LogP contribution in [0.25, 0.3) is 0 Å². The Kier molecular flexibility index (Phi) is 2.66. The third-order valence-corrected chi connectivity index (χ3v) is 3.63. The molecule has 0 saturated carbocycles. The summed E-state index contributed by atoms with van der Waals surface area (Å²) in [5.41, 5.74) is 0. The van der Waals surface area contributed by atoms with Gasteiger partial charge in [-0.3, -0.25) is 9.69 Å². The van der Waals surface area contributed by atoms with Crippen LogP contribution in [0.3, 0.4) is 0 Å². The second-order valence-electron chi connectivity index (χ2n) is 4.82. The van der Waals surface area contributed by atoms with Crippen LogP contribution in [-0.4, -0.2) is 54.8 Å². The predicted octanol–water partition coefficient (Wildman–Crippen LogP) is -0.125. The molecule has 17 heavy (non-hydrogen) atoms. The summed E-state index contributed by atoms with van der Waals surface area (Å²) in [5.74, 6) is -0.120. The molecule has 0 aliphatic carbocycles. The molecular formula is C11H16N2O4. The van der Waals surface area contributed by atoms with E-state index in [0.717, 1.165) is 19.3 Å². The van der Waals surface area contributed by atoms with Crippen molar-refractivity contribution in [2.45, 2.75) is 37.5 Å². The van der Waals surface area contributed by atoms with E-state index in [0.29, 0.717) is 19.3 Å². The highest BCUT2D eigenvalue weighted by atomic mass is 16.6. The van der Waals surface area contributed by atoms with E-state index in [4.69, 9.17) is 9.47 Å². The van der Waals surface area contributed by atoms with Crippen LogP contribution in [0.2, 0.25) is 0 Å². The minimum absolute atomic E-state index is 0.0900. The summed E-state index contributed by atoms with van der Waals surface area (Å²) in [7, 11) is 0. The van der Waals surface area contributed by atoms with E-state index in [1.165, 1.54) is 4.90 Å². The molecule has 0 spiro atoms. The standard InChI is InChI=1S/C11H16N2O4/c14-10(6-13-3-4-16-11(13)15)12-8-5-7-1-2-9(8)17-7/h7-9H,1-6H2,(H,12,14)/t7-,8+,9+/m0/s1. The van der Waals surface area contributed by atoms with Gasteiger partial charge in [-0.15, -0.1) is 0 Å². The summed E-state index contributed by atoms with van der Waals surface area (Å²) in [6.07, 6.45) is 3.14. The molecule has 0 radical (unpaired) electrons. The van der Waals surface area contributed by atoms with Crippen LogP contribution in [-0.2, 0) is 14.3 Å². The summed E-state index contributed by atoms with van der Waals surface area (Å²) in [5, 5.41) is 2.94. The average molecular weight is 240 g/mol. The summed E-state index contributed by atoms with van der Waals surface area (Å²) in [6.45, 7) is 0.968. The van der Waals surface area contributed by atoms with Crippen molar-refractivity contribution in [1.29, 1.82) is 0 Å². The van der Waals surface area contributed by atoms with Crippen molar-refractivity contribution in [3.05, 3.63) is 0 Å². The third kappa shape index (κ3) is 2.09. The maximum absolute atomic E-state index is 11.8. The normalized spacial score (nSPS) is 35.2. The lowest BCUT2D eigenvalue weighted by atomic mass is 9.95. The maximum atomic E-state index is 11.8. The Bertz CT molecular complexity index is 346. The first-order valence-corrected chi connectivity index (χ1v) is 6.09. The molecule has 0 aromatic carbocycles. The van der Waals surface area contributed by atoms with Crippen LogP contribution in [0.15, 0.2) is 0 Å². The number of nitrogens with one attached hydrogen (secondary N) is 1. The summed E-state index contributed by atoms with van der Waals surface area (Å²) in [4.78, 5) is 24.4. The number of hydrogen-bond donors (Lipinski definition) is 1. The fourth-order valence-corrected chi connectivity index (χ4v) is 2.78. The van der Waals surface area contributed by atoms with Crippen molar-refractivity contribution in [2.75, 3.05) is 19.7 Å². The Hall–Kier alpha value is -1.30. The van der Waals surface area contributed by atoms with E-state index in [-0.39, 0.29) is 24.6 Å². The number of ether oxygens (including phenoxy) is 2. The van der Waals surface area contributed by atoms with Crippen molar-refractivity contribution < 1.29 is 19.1 Å². The highest BCUT2D eigenvalue weighted by molar-refractivity contribution is 5.83. The van der Waals surface area contributed by atoms with E-state index in [2.05, 4.69) is 5.32 Å². The van der Waals surface area contributed by atoms with Gasteiger partial charge < -0.3 is 14.8 Å². The van der Waals surface area contributed by atoms with Crippen molar-refractivity contribution >= 4 is 12.0 Å². The summed E-state index contributed by atoms with van der Waals surface area (Å²) in [6, 6.07) is 0.125. The maximum Gasteiger partial charge on any atom is 0.410 e. The zero-order valence-electron chi connectivity index (χ0n) is 9.55. The molecule has 3 aliphatic heterocycles. The lowest BCUT2D eigenvalue weighted by molar-refractivity contribution is -0.122. The molecule has 3 rings (SSSR count).